The Labute approximate surface area is 96.2 Å². The van der Waals surface area contributed by atoms with Crippen LogP contribution in [0.25, 0.3) is 10.9 Å². The van der Waals surface area contributed by atoms with Gasteiger partial charge >= 0.3 is 5.97 Å². The fourth-order valence-electron chi connectivity index (χ4n) is 1.71. The molecular weight excluding hydrogens is 224 g/mol. The topological polar surface area (TPSA) is 85.4 Å². The third kappa shape index (κ3) is 1.84. The largest absolute Gasteiger partial charge is 0.480 e. The molecule has 0 amide bonds. The average Bonchev–Trinajstić information content (AvgIpc) is 2.70. The zero-order chi connectivity index (χ0) is 12.6. The van der Waals surface area contributed by atoms with E-state index in [-0.39, 0.29) is 5.69 Å². The summed E-state index contributed by atoms with van der Waals surface area (Å²) in [5.41, 5.74) is 0.504. The van der Waals surface area contributed by atoms with Crippen LogP contribution < -0.4 is 0 Å². The van der Waals surface area contributed by atoms with E-state index in [1.54, 1.807) is 18.3 Å². The van der Waals surface area contributed by atoms with Crippen LogP contribution in [0, 0.1) is 10.1 Å². The van der Waals surface area contributed by atoms with Crippen molar-refractivity contribution in [3.8, 4) is 0 Å². The van der Waals surface area contributed by atoms with Gasteiger partial charge in [-0.2, -0.15) is 0 Å². The van der Waals surface area contributed by atoms with Crippen molar-refractivity contribution in [2.24, 2.45) is 0 Å². The van der Waals surface area contributed by atoms with Crippen molar-refractivity contribution in [1.29, 1.82) is 0 Å². The molecule has 0 bridgehead atoms. The van der Waals surface area contributed by atoms with Crippen molar-refractivity contribution >= 4 is 22.6 Å². The number of nitro benzene ring substituents is 1. The van der Waals surface area contributed by atoms with Gasteiger partial charge in [0.25, 0.3) is 5.69 Å². The molecule has 0 unspecified atom stereocenters. The summed E-state index contributed by atoms with van der Waals surface area (Å²) < 4.78 is 1.50. The minimum atomic E-state index is -0.978. The van der Waals surface area contributed by atoms with Crippen molar-refractivity contribution in [3.05, 3.63) is 40.6 Å². The number of carboxylic acid groups (broad SMARTS) is 1. The summed E-state index contributed by atoms with van der Waals surface area (Å²) in [5, 5.41) is 20.4. The number of rotatable bonds is 3. The lowest BCUT2D eigenvalue weighted by Gasteiger charge is -2.09. The molecule has 17 heavy (non-hydrogen) atoms. The van der Waals surface area contributed by atoms with Gasteiger partial charge in [-0.25, -0.2) is 4.79 Å². The lowest BCUT2D eigenvalue weighted by atomic mass is 10.2. The summed E-state index contributed by atoms with van der Waals surface area (Å²) in [6, 6.07) is 5.37. The highest BCUT2D eigenvalue weighted by Crippen LogP contribution is 2.24. The quantitative estimate of drug-likeness (QED) is 0.651. The van der Waals surface area contributed by atoms with E-state index in [1.807, 2.05) is 0 Å². The van der Waals surface area contributed by atoms with E-state index in [0.717, 1.165) is 5.39 Å². The fraction of sp³-hybridized carbons (Fsp3) is 0.182. The number of aliphatic carboxylic acids is 1. The number of aromatic nitrogens is 1. The van der Waals surface area contributed by atoms with Crippen LogP contribution in [0.5, 0.6) is 0 Å². The number of hydrogen-bond acceptors (Lipinski definition) is 3. The lowest BCUT2D eigenvalue weighted by molar-refractivity contribution is -0.384. The number of fused-ring (bicyclic) bond motifs is 1. The Morgan fingerprint density at radius 3 is 2.76 bits per heavy atom. The molecule has 0 aliphatic heterocycles. The van der Waals surface area contributed by atoms with Gasteiger partial charge in [-0.1, -0.05) is 0 Å². The third-order valence-corrected chi connectivity index (χ3v) is 2.69. The Morgan fingerprint density at radius 2 is 2.18 bits per heavy atom. The smallest absolute Gasteiger partial charge is 0.326 e. The molecular formula is C11H10N2O4. The normalized spacial score (nSPS) is 12.5. The van der Waals surface area contributed by atoms with Crippen molar-refractivity contribution < 1.29 is 14.8 Å². The number of carboxylic acids is 1. The maximum absolute atomic E-state index is 10.9. The molecule has 0 fully saturated rings. The van der Waals surface area contributed by atoms with Gasteiger partial charge < -0.3 is 9.67 Å². The van der Waals surface area contributed by atoms with Crippen LogP contribution >= 0.6 is 0 Å². The summed E-state index contributed by atoms with van der Waals surface area (Å²) in [6.45, 7) is 1.53. The highest BCUT2D eigenvalue weighted by atomic mass is 16.6. The maximum atomic E-state index is 10.9. The molecule has 0 saturated heterocycles. The molecule has 6 nitrogen and oxygen atoms in total. The van der Waals surface area contributed by atoms with Crippen LogP contribution in [-0.2, 0) is 4.79 Å². The van der Waals surface area contributed by atoms with Gasteiger partial charge in [0.05, 0.1) is 10.4 Å². The molecule has 0 saturated carbocycles. The second kappa shape index (κ2) is 3.89. The minimum Gasteiger partial charge on any atom is -0.480 e. The zero-order valence-corrected chi connectivity index (χ0v) is 9.03. The number of carbonyl (C=O) groups is 1. The van der Waals surface area contributed by atoms with Crippen molar-refractivity contribution in [1.82, 2.24) is 4.57 Å². The lowest BCUT2D eigenvalue weighted by Crippen LogP contribution is -2.14. The molecule has 1 heterocycles. The first-order valence-corrected chi connectivity index (χ1v) is 4.98. The van der Waals surface area contributed by atoms with Gasteiger partial charge in [0, 0.05) is 23.7 Å². The van der Waals surface area contributed by atoms with Crippen molar-refractivity contribution in [2.75, 3.05) is 0 Å². The highest BCUT2D eigenvalue weighted by molar-refractivity contribution is 5.84. The molecule has 0 aliphatic rings. The molecule has 0 spiro atoms. The highest BCUT2D eigenvalue weighted by Gasteiger charge is 2.16. The zero-order valence-electron chi connectivity index (χ0n) is 9.03. The standard InChI is InChI=1S/C11H10N2O4/c1-7(11(14)15)12-5-4-8-2-3-9(13(16)17)6-10(8)12/h2-7H,1H3,(H,14,15)/t7-/m1/s1. The number of benzene rings is 1. The first kappa shape index (κ1) is 11.1. The predicted molar refractivity (Wildman–Crippen MR) is 60.9 cm³/mol. The van der Waals surface area contributed by atoms with Crippen LogP contribution in [0.2, 0.25) is 0 Å². The molecule has 0 aliphatic carbocycles. The summed E-state index contributed by atoms with van der Waals surface area (Å²) in [6.07, 6.45) is 1.62. The van der Waals surface area contributed by atoms with E-state index in [4.69, 9.17) is 5.11 Å². The van der Waals surface area contributed by atoms with Crippen LogP contribution in [0.3, 0.4) is 0 Å². The van der Waals surface area contributed by atoms with E-state index in [1.165, 1.54) is 23.6 Å². The van der Waals surface area contributed by atoms with Gasteiger partial charge in [-0.3, -0.25) is 10.1 Å². The fourth-order valence-corrected chi connectivity index (χ4v) is 1.71. The van der Waals surface area contributed by atoms with Crippen molar-refractivity contribution in [3.63, 3.8) is 0 Å². The van der Waals surface area contributed by atoms with Gasteiger partial charge in [0.15, 0.2) is 0 Å². The third-order valence-electron chi connectivity index (χ3n) is 2.69. The van der Waals surface area contributed by atoms with Crippen molar-refractivity contribution in [2.45, 2.75) is 13.0 Å². The Kier molecular flexibility index (Phi) is 2.55. The molecule has 1 N–H and O–H groups in total. The molecule has 1 aromatic heterocycles. The molecule has 2 aromatic rings. The summed E-state index contributed by atoms with van der Waals surface area (Å²) >= 11 is 0. The van der Waals surface area contributed by atoms with E-state index < -0.39 is 16.9 Å². The van der Waals surface area contributed by atoms with Crippen LogP contribution in [0.1, 0.15) is 13.0 Å². The summed E-state index contributed by atoms with van der Waals surface area (Å²) in [7, 11) is 0. The second-order valence-corrected chi connectivity index (χ2v) is 3.74. The second-order valence-electron chi connectivity index (χ2n) is 3.74. The number of nitro groups is 1. The molecule has 2 rings (SSSR count). The maximum Gasteiger partial charge on any atom is 0.326 e. The van der Waals surface area contributed by atoms with E-state index in [9.17, 15) is 14.9 Å². The van der Waals surface area contributed by atoms with Gasteiger partial charge in [0.1, 0.15) is 6.04 Å². The Hall–Kier alpha value is -2.37. The molecule has 88 valence electrons. The van der Waals surface area contributed by atoms with Gasteiger partial charge in [-0.15, -0.1) is 0 Å². The average molecular weight is 234 g/mol. The first-order chi connectivity index (χ1) is 8.00. The van der Waals surface area contributed by atoms with Gasteiger partial charge in [-0.05, 0) is 19.1 Å². The first-order valence-electron chi connectivity index (χ1n) is 4.98. The van der Waals surface area contributed by atoms with Gasteiger partial charge in [0.2, 0.25) is 0 Å². The summed E-state index contributed by atoms with van der Waals surface area (Å²) in [5.74, 6) is -0.978. The molecule has 0 radical (unpaired) electrons. The van der Waals surface area contributed by atoms with Crippen LogP contribution in [0.4, 0.5) is 5.69 Å². The Bertz CT molecular complexity index is 603. The number of nitrogens with zero attached hydrogens (tertiary/aromatic N) is 2. The SMILES string of the molecule is C[C@H](C(=O)O)n1ccc2ccc([N+](=O)[O-])cc21. The monoisotopic (exact) mass is 234 g/mol. The summed E-state index contributed by atoms with van der Waals surface area (Å²) in [4.78, 5) is 21.1. The van der Waals surface area contributed by atoms with Crippen LogP contribution in [0.15, 0.2) is 30.5 Å². The molecule has 6 heteroatoms. The van der Waals surface area contributed by atoms with E-state index in [0.29, 0.717) is 5.52 Å². The minimum absolute atomic E-state index is 0.0463. The Balaban J connectivity index is 2.61. The van der Waals surface area contributed by atoms with E-state index in [2.05, 4.69) is 0 Å². The molecule has 1 atom stereocenters. The Morgan fingerprint density at radius 1 is 1.47 bits per heavy atom. The number of hydrogen-bond donors (Lipinski definition) is 1. The number of non-ortho nitro benzene ring substituents is 1. The van der Waals surface area contributed by atoms with E-state index >= 15 is 0 Å². The molecule has 1 aromatic carbocycles. The predicted octanol–water partition coefficient (Wildman–Crippen LogP) is 2.20. The van der Waals surface area contributed by atoms with Crippen LogP contribution in [-0.4, -0.2) is 20.6 Å².